The molecule has 2 fully saturated rings. The third-order valence-corrected chi connectivity index (χ3v) is 8.36. The van der Waals surface area contributed by atoms with Crippen LogP contribution in [0.3, 0.4) is 0 Å². The quantitative estimate of drug-likeness (QED) is 0.461. The molecule has 2 atom stereocenters. The number of hydrogen-bond donors (Lipinski definition) is 0. The average Bonchev–Trinajstić information content (AvgIpc) is 3.26. The molecule has 3 aliphatic rings. The number of likely N-dealkylation sites (tertiary alicyclic amines) is 1. The van der Waals surface area contributed by atoms with Crippen molar-refractivity contribution in [2.24, 2.45) is 0 Å². The highest BCUT2D eigenvalue weighted by atomic mass is 19.1. The van der Waals surface area contributed by atoms with Crippen LogP contribution in [0.15, 0.2) is 72.8 Å². The summed E-state index contributed by atoms with van der Waals surface area (Å²) in [7, 11) is 0. The van der Waals surface area contributed by atoms with Crippen LogP contribution in [0.5, 0.6) is 0 Å². The largest absolute Gasteiger partial charge is 0.340 e. The highest BCUT2D eigenvalue weighted by Gasteiger charge is 2.42. The van der Waals surface area contributed by atoms with E-state index >= 15 is 0 Å². The Morgan fingerprint density at radius 2 is 1.55 bits per heavy atom. The first-order chi connectivity index (χ1) is 18.5. The molecule has 2 saturated heterocycles. The first kappa shape index (κ1) is 25.0. The molecule has 198 valence electrons. The van der Waals surface area contributed by atoms with Gasteiger partial charge in [0.05, 0.1) is 0 Å². The van der Waals surface area contributed by atoms with Gasteiger partial charge < -0.3 is 14.7 Å². The molecule has 0 N–H and O–H groups in total. The summed E-state index contributed by atoms with van der Waals surface area (Å²) in [6.07, 6.45) is 1.42. The van der Waals surface area contributed by atoms with E-state index in [1.54, 1.807) is 18.2 Å². The van der Waals surface area contributed by atoms with Gasteiger partial charge in [0, 0.05) is 82.1 Å². The normalized spacial score (nSPS) is 21.8. The van der Waals surface area contributed by atoms with Gasteiger partial charge in [-0.05, 0) is 60.0 Å². The van der Waals surface area contributed by atoms with Crippen LogP contribution >= 0.6 is 0 Å². The number of benzene rings is 3. The van der Waals surface area contributed by atoms with Gasteiger partial charge in [0.15, 0.2) is 0 Å². The van der Waals surface area contributed by atoms with Crippen molar-refractivity contribution in [1.29, 1.82) is 0 Å². The Bertz CT molecular complexity index is 1260. The molecule has 3 heterocycles. The van der Waals surface area contributed by atoms with Crippen LogP contribution in [0, 0.1) is 11.6 Å². The molecule has 38 heavy (non-hydrogen) atoms. The molecule has 3 aromatic rings. The summed E-state index contributed by atoms with van der Waals surface area (Å²) in [4.78, 5) is 22.0. The maximum Gasteiger partial charge on any atom is 0.223 e. The van der Waals surface area contributed by atoms with Crippen molar-refractivity contribution in [3.05, 3.63) is 95.6 Å². The number of carbonyl (C=O) groups excluding carboxylic acids is 1. The molecule has 0 radical (unpaired) electrons. The first-order valence-electron chi connectivity index (χ1n) is 13.7. The number of rotatable bonds is 6. The molecular formula is C31H34F2N4O. The number of piperidine rings is 1. The lowest BCUT2D eigenvalue weighted by Crippen LogP contribution is -2.49. The molecule has 5 nitrogen and oxygen atoms in total. The summed E-state index contributed by atoms with van der Waals surface area (Å²) >= 11 is 0. The molecule has 3 aliphatic heterocycles. The molecule has 3 aromatic carbocycles. The molecule has 0 aromatic heterocycles. The van der Waals surface area contributed by atoms with E-state index in [4.69, 9.17) is 0 Å². The van der Waals surface area contributed by atoms with Crippen molar-refractivity contribution < 1.29 is 13.6 Å². The highest BCUT2D eigenvalue weighted by molar-refractivity contribution is 5.76. The minimum atomic E-state index is -0.263. The molecular weight excluding hydrogens is 482 g/mol. The molecule has 2 unspecified atom stereocenters. The van der Waals surface area contributed by atoms with Crippen LogP contribution in [0.4, 0.5) is 20.2 Å². The van der Waals surface area contributed by atoms with E-state index in [9.17, 15) is 13.6 Å². The zero-order valence-corrected chi connectivity index (χ0v) is 21.6. The average molecular weight is 517 g/mol. The summed E-state index contributed by atoms with van der Waals surface area (Å²) in [5.41, 5.74) is 4.24. The van der Waals surface area contributed by atoms with E-state index in [0.717, 1.165) is 69.2 Å². The SMILES string of the molecule is O=C(CCN1CCC2C(C1)c1cc(F)ccc1N2c1ccc(F)cc1)N1CCN(Cc2ccccc2)CC1. The number of halogens is 2. The number of piperazine rings is 1. The fraction of sp³-hybridized carbons (Fsp3) is 0.387. The second kappa shape index (κ2) is 10.8. The van der Waals surface area contributed by atoms with E-state index in [0.29, 0.717) is 13.0 Å². The Balaban J connectivity index is 1.05. The van der Waals surface area contributed by atoms with Gasteiger partial charge in [0.1, 0.15) is 11.6 Å². The van der Waals surface area contributed by atoms with E-state index in [1.807, 2.05) is 17.0 Å². The summed E-state index contributed by atoms with van der Waals surface area (Å²) in [5.74, 6) is -0.128. The number of hydrogen-bond acceptors (Lipinski definition) is 4. The summed E-state index contributed by atoms with van der Waals surface area (Å²) in [5, 5.41) is 0. The number of fused-ring (bicyclic) bond motifs is 3. The summed E-state index contributed by atoms with van der Waals surface area (Å²) in [6.45, 7) is 6.66. The fourth-order valence-corrected chi connectivity index (χ4v) is 6.39. The lowest BCUT2D eigenvalue weighted by molar-refractivity contribution is -0.133. The smallest absolute Gasteiger partial charge is 0.223 e. The maximum absolute atomic E-state index is 14.3. The first-order valence-corrected chi connectivity index (χ1v) is 13.7. The van der Waals surface area contributed by atoms with Crippen molar-refractivity contribution in [3.63, 3.8) is 0 Å². The Morgan fingerprint density at radius 1 is 0.816 bits per heavy atom. The molecule has 0 aliphatic carbocycles. The van der Waals surface area contributed by atoms with Crippen LogP contribution in [0.25, 0.3) is 0 Å². The van der Waals surface area contributed by atoms with Gasteiger partial charge in [-0.25, -0.2) is 8.78 Å². The van der Waals surface area contributed by atoms with Crippen LogP contribution in [-0.2, 0) is 11.3 Å². The predicted molar refractivity (Wildman–Crippen MR) is 145 cm³/mol. The number of nitrogens with zero attached hydrogens (tertiary/aromatic N) is 4. The van der Waals surface area contributed by atoms with Crippen LogP contribution in [0.1, 0.15) is 29.9 Å². The number of anilines is 2. The summed E-state index contributed by atoms with van der Waals surface area (Å²) < 4.78 is 27.9. The Hall–Kier alpha value is -3.29. The number of amides is 1. The Morgan fingerprint density at radius 3 is 2.32 bits per heavy atom. The second-order valence-corrected chi connectivity index (χ2v) is 10.7. The van der Waals surface area contributed by atoms with Crippen molar-refractivity contribution in [2.45, 2.75) is 31.3 Å². The molecule has 6 rings (SSSR count). The lowest BCUT2D eigenvalue weighted by Gasteiger charge is -2.39. The van der Waals surface area contributed by atoms with Crippen molar-refractivity contribution in [3.8, 4) is 0 Å². The summed E-state index contributed by atoms with van der Waals surface area (Å²) in [6, 6.07) is 22.2. The third kappa shape index (κ3) is 5.18. The molecule has 1 amide bonds. The van der Waals surface area contributed by atoms with Crippen molar-refractivity contribution in [1.82, 2.24) is 14.7 Å². The maximum atomic E-state index is 14.3. The van der Waals surface area contributed by atoms with Gasteiger partial charge in [-0.1, -0.05) is 30.3 Å². The lowest BCUT2D eigenvalue weighted by atomic mass is 9.89. The zero-order valence-electron chi connectivity index (χ0n) is 21.6. The van der Waals surface area contributed by atoms with E-state index in [2.05, 4.69) is 39.0 Å². The monoisotopic (exact) mass is 516 g/mol. The van der Waals surface area contributed by atoms with Gasteiger partial charge in [0.2, 0.25) is 5.91 Å². The second-order valence-electron chi connectivity index (χ2n) is 10.7. The van der Waals surface area contributed by atoms with Gasteiger partial charge in [-0.2, -0.15) is 0 Å². The highest BCUT2D eigenvalue weighted by Crippen LogP contribution is 2.48. The molecule has 7 heteroatoms. The van der Waals surface area contributed by atoms with Gasteiger partial charge in [0.25, 0.3) is 0 Å². The standard InChI is InChI=1S/C31H34F2N4O/c32-24-6-9-26(10-7-24)37-29-11-8-25(33)20-27(29)28-22-34(14-12-30(28)37)15-13-31(38)36-18-16-35(17-19-36)21-23-4-2-1-3-5-23/h1-11,20,28,30H,12-19,21-22H2. The van der Waals surface area contributed by atoms with Gasteiger partial charge in [-0.3, -0.25) is 9.69 Å². The minimum absolute atomic E-state index is 0.149. The van der Waals surface area contributed by atoms with Crippen LogP contribution in [-0.4, -0.2) is 72.5 Å². The molecule has 0 spiro atoms. The Labute approximate surface area is 223 Å². The minimum Gasteiger partial charge on any atom is -0.340 e. The van der Waals surface area contributed by atoms with Crippen molar-refractivity contribution in [2.75, 3.05) is 50.7 Å². The van der Waals surface area contributed by atoms with E-state index < -0.39 is 0 Å². The third-order valence-electron chi connectivity index (χ3n) is 8.36. The van der Waals surface area contributed by atoms with Gasteiger partial charge in [-0.15, -0.1) is 0 Å². The fourth-order valence-electron chi connectivity index (χ4n) is 6.39. The number of carbonyl (C=O) groups is 1. The van der Waals surface area contributed by atoms with E-state index in [-0.39, 0.29) is 29.5 Å². The van der Waals surface area contributed by atoms with E-state index in [1.165, 1.54) is 23.8 Å². The van der Waals surface area contributed by atoms with Crippen molar-refractivity contribution >= 4 is 17.3 Å². The molecule has 0 bridgehead atoms. The van der Waals surface area contributed by atoms with Crippen LogP contribution in [0.2, 0.25) is 0 Å². The predicted octanol–water partition coefficient (Wildman–Crippen LogP) is 5.01. The molecule has 0 saturated carbocycles. The Kier molecular flexibility index (Phi) is 7.13. The van der Waals surface area contributed by atoms with Gasteiger partial charge >= 0.3 is 0 Å². The van der Waals surface area contributed by atoms with Crippen LogP contribution < -0.4 is 4.90 Å². The topological polar surface area (TPSA) is 30.0 Å². The zero-order chi connectivity index (χ0) is 26.1.